The van der Waals surface area contributed by atoms with Crippen molar-refractivity contribution in [2.24, 2.45) is 0 Å². The van der Waals surface area contributed by atoms with Crippen LogP contribution >= 0.6 is 0 Å². The van der Waals surface area contributed by atoms with Crippen molar-refractivity contribution >= 4 is 11.9 Å². The molecule has 0 radical (unpaired) electrons. The second-order valence-corrected chi connectivity index (χ2v) is 8.12. The molecule has 0 aliphatic rings. The zero-order valence-corrected chi connectivity index (χ0v) is 20.1. The van der Waals surface area contributed by atoms with Crippen LogP contribution in [0, 0.1) is 5.82 Å². The molecular formula is C29H25FN2O5. The van der Waals surface area contributed by atoms with Crippen molar-refractivity contribution in [3.63, 3.8) is 0 Å². The standard InChI is InChI=1S/C29H25FN2O5/c1-36-22-11-9-19(10-12-22)24-16-20(29(35)32-15-13-21-6-4-5-14-31-21)17-25(28(24)37-18-27(33)34)23-7-2-3-8-26(23)30/h2-12,14,16-17H,13,15,18H2,1H3,(H,32,35)(H,33,34). The van der Waals surface area contributed by atoms with Crippen LogP contribution in [0.4, 0.5) is 4.39 Å². The first-order chi connectivity index (χ1) is 18.0. The van der Waals surface area contributed by atoms with Crippen molar-refractivity contribution in [2.75, 3.05) is 20.3 Å². The Bertz CT molecular complexity index is 1390. The molecule has 0 aliphatic heterocycles. The maximum atomic E-state index is 14.9. The van der Waals surface area contributed by atoms with Gasteiger partial charge in [-0.1, -0.05) is 36.4 Å². The van der Waals surface area contributed by atoms with Crippen molar-refractivity contribution in [3.8, 4) is 33.8 Å². The molecule has 4 aromatic rings. The van der Waals surface area contributed by atoms with E-state index in [-0.39, 0.29) is 28.3 Å². The molecule has 0 saturated heterocycles. The fourth-order valence-corrected chi connectivity index (χ4v) is 3.87. The molecule has 3 aromatic carbocycles. The van der Waals surface area contributed by atoms with E-state index in [1.54, 1.807) is 61.8 Å². The molecule has 1 aromatic heterocycles. The van der Waals surface area contributed by atoms with Gasteiger partial charge in [-0.05, 0) is 48.0 Å². The average Bonchev–Trinajstić information content (AvgIpc) is 2.92. The summed E-state index contributed by atoms with van der Waals surface area (Å²) < 4.78 is 25.8. The molecule has 0 atom stereocenters. The largest absolute Gasteiger partial charge is 0.497 e. The molecule has 1 heterocycles. The van der Waals surface area contributed by atoms with Crippen molar-refractivity contribution in [1.29, 1.82) is 0 Å². The minimum atomic E-state index is -1.18. The number of nitrogens with zero attached hydrogens (tertiary/aromatic N) is 1. The van der Waals surface area contributed by atoms with Crippen LogP contribution < -0.4 is 14.8 Å². The lowest BCUT2D eigenvalue weighted by atomic mass is 9.93. The number of carboxylic acid groups (broad SMARTS) is 1. The molecule has 0 saturated carbocycles. The van der Waals surface area contributed by atoms with E-state index >= 15 is 0 Å². The number of carbonyl (C=O) groups is 2. The van der Waals surface area contributed by atoms with Crippen LogP contribution in [0.1, 0.15) is 16.1 Å². The topological polar surface area (TPSA) is 97.8 Å². The van der Waals surface area contributed by atoms with Crippen LogP contribution in [0.2, 0.25) is 0 Å². The van der Waals surface area contributed by atoms with Gasteiger partial charge in [-0.3, -0.25) is 9.78 Å². The molecule has 7 nitrogen and oxygen atoms in total. The summed E-state index contributed by atoms with van der Waals surface area (Å²) >= 11 is 0. The number of hydrogen-bond acceptors (Lipinski definition) is 5. The monoisotopic (exact) mass is 500 g/mol. The number of aromatic nitrogens is 1. The predicted octanol–water partition coefficient (Wildman–Crippen LogP) is 5.00. The normalized spacial score (nSPS) is 10.5. The van der Waals surface area contributed by atoms with E-state index in [0.29, 0.717) is 29.8 Å². The van der Waals surface area contributed by atoms with Gasteiger partial charge in [-0.15, -0.1) is 0 Å². The van der Waals surface area contributed by atoms with Crippen LogP contribution in [-0.2, 0) is 11.2 Å². The Balaban J connectivity index is 1.79. The number of halogens is 1. The van der Waals surface area contributed by atoms with Crippen molar-refractivity contribution in [3.05, 3.63) is 102 Å². The number of ether oxygens (including phenoxy) is 2. The maximum Gasteiger partial charge on any atom is 0.341 e. The summed E-state index contributed by atoms with van der Waals surface area (Å²) in [4.78, 5) is 28.8. The van der Waals surface area contributed by atoms with Gasteiger partial charge in [-0.2, -0.15) is 0 Å². The molecule has 0 unspecified atom stereocenters. The zero-order chi connectivity index (χ0) is 26.2. The van der Waals surface area contributed by atoms with Crippen LogP contribution in [0.3, 0.4) is 0 Å². The summed E-state index contributed by atoms with van der Waals surface area (Å²) in [5.41, 5.74) is 2.64. The number of hydrogen-bond donors (Lipinski definition) is 2. The third-order valence-electron chi connectivity index (χ3n) is 5.65. The molecule has 37 heavy (non-hydrogen) atoms. The van der Waals surface area contributed by atoms with E-state index in [1.807, 2.05) is 18.2 Å². The number of carboxylic acids is 1. The summed E-state index contributed by atoms with van der Waals surface area (Å²) in [6.45, 7) is -0.291. The van der Waals surface area contributed by atoms with Gasteiger partial charge in [0, 0.05) is 47.1 Å². The Morgan fingerprint density at radius 2 is 1.68 bits per heavy atom. The van der Waals surface area contributed by atoms with Crippen LogP contribution in [0.25, 0.3) is 22.3 Å². The molecule has 1 amide bonds. The Labute approximate surface area is 213 Å². The highest BCUT2D eigenvalue weighted by atomic mass is 19.1. The van der Waals surface area contributed by atoms with Gasteiger partial charge in [0.2, 0.25) is 0 Å². The predicted molar refractivity (Wildman–Crippen MR) is 137 cm³/mol. The Hall–Kier alpha value is -4.72. The fourth-order valence-electron chi connectivity index (χ4n) is 3.87. The number of benzene rings is 3. The van der Waals surface area contributed by atoms with Crippen molar-refractivity contribution in [1.82, 2.24) is 10.3 Å². The van der Waals surface area contributed by atoms with Gasteiger partial charge < -0.3 is 19.9 Å². The highest BCUT2D eigenvalue weighted by Gasteiger charge is 2.21. The summed E-state index contributed by atoms with van der Waals surface area (Å²) in [5.74, 6) is -1.31. The minimum Gasteiger partial charge on any atom is -0.497 e. The van der Waals surface area contributed by atoms with E-state index in [2.05, 4.69) is 10.3 Å². The van der Waals surface area contributed by atoms with Gasteiger partial charge in [0.15, 0.2) is 6.61 Å². The van der Waals surface area contributed by atoms with Gasteiger partial charge in [-0.25, -0.2) is 9.18 Å². The third kappa shape index (κ3) is 6.29. The first-order valence-electron chi connectivity index (χ1n) is 11.6. The molecule has 0 aliphatic carbocycles. The van der Waals surface area contributed by atoms with Crippen LogP contribution in [0.15, 0.2) is 85.1 Å². The first-order valence-corrected chi connectivity index (χ1v) is 11.6. The Kier molecular flexibility index (Phi) is 8.10. The summed E-state index contributed by atoms with van der Waals surface area (Å²) in [7, 11) is 1.54. The second kappa shape index (κ2) is 11.8. The van der Waals surface area contributed by atoms with Crippen molar-refractivity contribution in [2.45, 2.75) is 6.42 Å². The number of aliphatic carboxylic acids is 1. The molecule has 0 bridgehead atoms. The smallest absolute Gasteiger partial charge is 0.341 e. The number of amides is 1. The summed E-state index contributed by atoms with van der Waals surface area (Å²) in [6, 6.07) is 21.7. The molecule has 2 N–H and O–H groups in total. The van der Waals surface area contributed by atoms with E-state index in [4.69, 9.17) is 9.47 Å². The number of pyridine rings is 1. The highest BCUT2D eigenvalue weighted by Crippen LogP contribution is 2.41. The molecule has 0 fully saturated rings. The SMILES string of the molecule is COc1ccc(-c2cc(C(=O)NCCc3ccccn3)cc(-c3ccccc3F)c2OCC(=O)O)cc1. The summed E-state index contributed by atoms with van der Waals surface area (Å²) in [5, 5.41) is 12.1. The minimum absolute atomic E-state index is 0.155. The summed E-state index contributed by atoms with van der Waals surface area (Å²) in [6.07, 6.45) is 2.23. The molecule has 188 valence electrons. The number of methoxy groups -OCH3 is 1. The number of nitrogens with one attached hydrogen (secondary N) is 1. The molecule has 4 rings (SSSR count). The lowest BCUT2D eigenvalue weighted by molar-refractivity contribution is -0.139. The quantitative estimate of drug-likeness (QED) is 0.318. The third-order valence-corrected chi connectivity index (χ3v) is 5.65. The Morgan fingerprint density at radius 1 is 0.946 bits per heavy atom. The Morgan fingerprint density at radius 3 is 2.35 bits per heavy atom. The lowest BCUT2D eigenvalue weighted by Crippen LogP contribution is -2.26. The van der Waals surface area contributed by atoms with Crippen LogP contribution in [0.5, 0.6) is 11.5 Å². The van der Waals surface area contributed by atoms with Crippen LogP contribution in [-0.4, -0.2) is 42.2 Å². The van der Waals surface area contributed by atoms with Gasteiger partial charge in [0.25, 0.3) is 5.91 Å². The van der Waals surface area contributed by atoms with Gasteiger partial charge in [0.1, 0.15) is 17.3 Å². The molecule has 0 spiro atoms. The first kappa shape index (κ1) is 25.4. The molecular weight excluding hydrogens is 475 g/mol. The second-order valence-electron chi connectivity index (χ2n) is 8.12. The molecule has 8 heteroatoms. The number of rotatable bonds is 10. The zero-order valence-electron chi connectivity index (χ0n) is 20.1. The van der Waals surface area contributed by atoms with E-state index in [0.717, 1.165) is 5.69 Å². The van der Waals surface area contributed by atoms with E-state index in [1.165, 1.54) is 12.1 Å². The van der Waals surface area contributed by atoms with E-state index < -0.39 is 18.4 Å². The highest BCUT2D eigenvalue weighted by molar-refractivity contribution is 5.99. The van der Waals surface area contributed by atoms with Gasteiger partial charge in [0.05, 0.1) is 7.11 Å². The fraction of sp³-hybridized carbons (Fsp3) is 0.138. The lowest BCUT2D eigenvalue weighted by Gasteiger charge is -2.18. The maximum absolute atomic E-state index is 14.9. The van der Waals surface area contributed by atoms with E-state index in [9.17, 15) is 19.1 Å². The number of carbonyl (C=O) groups excluding carboxylic acids is 1. The van der Waals surface area contributed by atoms with Crippen molar-refractivity contribution < 1.29 is 28.6 Å². The van der Waals surface area contributed by atoms with Gasteiger partial charge >= 0.3 is 5.97 Å². The average molecular weight is 501 g/mol.